The van der Waals surface area contributed by atoms with Gasteiger partial charge in [-0.3, -0.25) is 15.0 Å². The van der Waals surface area contributed by atoms with Crippen molar-refractivity contribution < 1.29 is 32.7 Å². The highest BCUT2D eigenvalue weighted by atomic mass is 19.4. The van der Waals surface area contributed by atoms with Crippen LogP contribution in [0.3, 0.4) is 0 Å². The Balaban J connectivity index is 0.000000673. The number of fused-ring (bicyclic) bond motifs is 1. The Labute approximate surface area is 221 Å². The first kappa shape index (κ1) is 30.5. The average molecular weight is 550 g/mol. The number of carboxylic acids is 1. The molecule has 0 aliphatic rings. The van der Waals surface area contributed by atoms with Gasteiger partial charge in [0.1, 0.15) is 11.7 Å². The zero-order chi connectivity index (χ0) is 29.2. The van der Waals surface area contributed by atoms with Gasteiger partial charge in [-0.05, 0) is 49.1 Å². The Morgan fingerprint density at radius 3 is 2.23 bits per heavy atom. The lowest BCUT2D eigenvalue weighted by atomic mass is 10.1. The van der Waals surface area contributed by atoms with Crippen molar-refractivity contribution in [2.24, 2.45) is 11.5 Å². The van der Waals surface area contributed by atoms with E-state index >= 15 is 0 Å². The number of benzene rings is 2. The number of amides is 2. The number of halogens is 3. The van der Waals surface area contributed by atoms with E-state index in [4.69, 9.17) is 32.5 Å². The van der Waals surface area contributed by atoms with Crippen molar-refractivity contribution in [1.82, 2.24) is 15.2 Å². The number of carboxylic acid groups (broad SMARTS) is 1. The molecule has 1 heterocycles. The third kappa shape index (κ3) is 9.57. The molecule has 210 valence electrons. The van der Waals surface area contributed by atoms with Crippen LogP contribution in [0.25, 0.3) is 10.9 Å². The summed E-state index contributed by atoms with van der Waals surface area (Å²) in [5.41, 5.74) is 19.8. The van der Waals surface area contributed by atoms with Gasteiger partial charge in [0.05, 0.1) is 0 Å². The summed E-state index contributed by atoms with van der Waals surface area (Å²) < 4.78 is 33.7. The van der Waals surface area contributed by atoms with Crippen LogP contribution in [0.4, 0.5) is 18.9 Å². The number of guanidine groups is 1. The minimum Gasteiger partial charge on any atom is -0.475 e. The molecule has 3 aromatic rings. The van der Waals surface area contributed by atoms with Crippen molar-refractivity contribution in [2.75, 3.05) is 12.3 Å². The molecule has 2 amide bonds. The normalized spacial score (nSPS) is 11.7. The summed E-state index contributed by atoms with van der Waals surface area (Å²) in [5, 5.41) is 20.7. The van der Waals surface area contributed by atoms with Gasteiger partial charge in [-0.1, -0.05) is 30.3 Å². The third-order valence-electron chi connectivity index (χ3n) is 5.52. The second-order valence-corrected chi connectivity index (χ2v) is 8.45. The molecule has 0 aliphatic carbocycles. The smallest absolute Gasteiger partial charge is 0.475 e. The molecule has 10 N–H and O–H groups in total. The van der Waals surface area contributed by atoms with Crippen molar-refractivity contribution in [3.05, 3.63) is 65.9 Å². The molecule has 2 aromatic carbocycles. The molecule has 0 unspecified atom stereocenters. The molecular formula is C25H30F3N7O4. The number of nitrogen functional groups attached to an aromatic ring is 1. The lowest BCUT2D eigenvalue weighted by Gasteiger charge is -2.17. The molecular weight excluding hydrogens is 519 g/mol. The molecule has 0 radical (unpaired) electrons. The monoisotopic (exact) mass is 549 g/mol. The Bertz CT molecular complexity index is 1310. The molecule has 39 heavy (non-hydrogen) atoms. The van der Waals surface area contributed by atoms with Crippen LogP contribution in [0.15, 0.2) is 54.6 Å². The fraction of sp³-hybridized carbons (Fsp3) is 0.280. The van der Waals surface area contributed by atoms with E-state index in [0.717, 1.165) is 22.9 Å². The van der Waals surface area contributed by atoms with E-state index in [1.54, 1.807) is 0 Å². The van der Waals surface area contributed by atoms with Crippen LogP contribution in [0.1, 0.15) is 28.9 Å². The van der Waals surface area contributed by atoms with Gasteiger partial charge in [-0.25, -0.2) is 4.79 Å². The van der Waals surface area contributed by atoms with Crippen LogP contribution in [0.5, 0.6) is 0 Å². The highest BCUT2D eigenvalue weighted by molar-refractivity contribution is 6.00. The van der Waals surface area contributed by atoms with E-state index in [2.05, 4.69) is 10.6 Å². The molecule has 11 nitrogen and oxygen atoms in total. The van der Waals surface area contributed by atoms with Gasteiger partial charge in [-0.2, -0.15) is 13.2 Å². The average Bonchev–Trinajstić information content (AvgIpc) is 3.23. The number of alkyl halides is 3. The van der Waals surface area contributed by atoms with Gasteiger partial charge >= 0.3 is 12.1 Å². The summed E-state index contributed by atoms with van der Waals surface area (Å²) in [5.74, 6) is -3.87. The second-order valence-electron chi connectivity index (χ2n) is 8.45. The predicted molar refractivity (Wildman–Crippen MR) is 140 cm³/mol. The lowest BCUT2D eigenvalue weighted by molar-refractivity contribution is -0.192. The first-order valence-electron chi connectivity index (χ1n) is 11.7. The number of primary amides is 1. The van der Waals surface area contributed by atoms with E-state index in [1.165, 1.54) is 0 Å². The summed E-state index contributed by atoms with van der Waals surface area (Å²) in [7, 11) is 0. The number of hydrogen-bond acceptors (Lipinski definition) is 5. The van der Waals surface area contributed by atoms with Crippen LogP contribution < -0.4 is 27.8 Å². The Morgan fingerprint density at radius 2 is 1.67 bits per heavy atom. The first-order chi connectivity index (χ1) is 18.3. The number of nitrogens with one attached hydrogen (secondary N) is 3. The van der Waals surface area contributed by atoms with Crippen molar-refractivity contribution in [2.45, 2.75) is 38.0 Å². The topological polar surface area (TPSA) is 202 Å². The van der Waals surface area contributed by atoms with Crippen LogP contribution in [-0.2, 0) is 22.6 Å². The van der Waals surface area contributed by atoms with E-state index in [9.17, 15) is 22.8 Å². The lowest BCUT2D eigenvalue weighted by Crippen LogP contribution is -2.45. The number of para-hydroxylation sites is 1. The van der Waals surface area contributed by atoms with Gasteiger partial charge in [-0.15, -0.1) is 0 Å². The van der Waals surface area contributed by atoms with Crippen LogP contribution in [0.2, 0.25) is 0 Å². The number of aromatic nitrogens is 1. The standard InChI is InChI=1S/C23H29N7O2.C2HF3O2/c24-17-9-7-15(8-10-17)11-13-30-19-6-2-1-4-16(19)14-20(30)22(32)29-18(21(25)31)5-3-12-28-23(26)27;3-2(4,5)1(6)7/h1-2,4,6-10,14,18H,3,5,11-13,24H2,(H2,25,31)(H,29,32)(H4,26,27,28);(H,6,7)/t18-;/m0./s1. The minimum absolute atomic E-state index is 0.143. The highest BCUT2D eigenvalue weighted by Crippen LogP contribution is 2.21. The van der Waals surface area contributed by atoms with Crippen molar-refractivity contribution >= 4 is 40.3 Å². The number of nitrogens with two attached hydrogens (primary N) is 3. The Morgan fingerprint density at radius 1 is 1.05 bits per heavy atom. The summed E-state index contributed by atoms with van der Waals surface area (Å²) in [6, 6.07) is 16.4. The van der Waals surface area contributed by atoms with Crippen molar-refractivity contribution in [3.63, 3.8) is 0 Å². The molecule has 0 bridgehead atoms. The maximum Gasteiger partial charge on any atom is 0.490 e. The number of rotatable bonds is 10. The summed E-state index contributed by atoms with van der Waals surface area (Å²) in [6.07, 6.45) is -3.50. The molecule has 0 spiro atoms. The second kappa shape index (κ2) is 13.7. The Hall–Kier alpha value is -4.75. The molecule has 0 saturated heterocycles. The number of anilines is 1. The number of carbonyl (C=O) groups is 3. The Kier molecular flexibility index (Phi) is 10.7. The van der Waals surface area contributed by atoms with E-state index in [1.807, 2.05) is 59.2 Å². The number of aliphatic carboxylic acids is 1. The zero-order valence-electron chi connectivity index (χ0n) is 20.8. The van der Waals surface area contributed by atoms with Gasteiger partial charge in [0, 0.05) is 29.7 Å². The fourth-order valence-corrected chi connectivity index (χ4v) is 3.61. The largest absolute Gasteiger partial charge is 0.490 e. The molecule has 0 fully saturated rings. The highest BCUT2D eigenvalue weighted by Gasteiger charge is 2.38. The maximum atomic E-state index is 13.1. The van der Waals surface area contributed by atoms with Gasteiger partial charge in [0.2, 0.25) is 5.91 Å². The van der Waals surface area contributed by atoms with Gasteiger partial charge in [0.15, 0.2) is 5.96 Å². The predicted octanol–water partition coefficient (Wildman–Crippen LogP) is 1.95. The van der Waals surface area contributed by atoms with Crippen molar-refractivity contribution in [3.8, 4) is 0 Å². The number of nitrogens with zero attached hydrogens (tertiary/aromatic N) is 1. The zero-order valence-corrected chi connectivity index (χ0v) is 20.8. The number of hydrogen-bond donors (Lipinski definition) is 7. The molecule has 0 aliphatic heterocycles. The quantitative estimate of drug-likeness (QED) is 0.0866. The molecule has 3 rings (SSSR count). The van der Waals surface area contributed by atoms with Gasteiger partial charge < -0.3 is 37.5 Å². The summed E-state index contributed by atoms with van der Waals surface area (Å²) in [6.45, 7) is 1.00. The summed E-state index contributed by atoms with van der Waals surface area (Å²) in [4.78, 5) is 33.9. The molecule has 1 atom stereocenters. The van der Waals surface area contributed by atoms with E-state index < -0.39 is 24.1 Å². The van der Waals surface area contributed by atoms with E-state index in [0.29, 0.717) is 37.3 Å². The number of carbonyl (C=O) groups excluding carboxylic acids is 2. The maximum absolute atomic E-state index is 13.1. The first-order valence-corrected chi connectivity index (χ1v) is 11.7. The van der Waals surface area contributed by atoms with Crippen LogP contribution >= 0.6 is 0 Å². The van der Waals surface area contributed by atoms with Crippen molar-refractivity contribution in [1.29, 1.82) is 5.41 Å². The van der Waals surface area contributed by atoms with Gasteiger partial charge in [0.25, 0.3) is 5.91 Å². The van der Waals surface area contributed by atoms with Crippen LogP contribution in [-0.4, -0.2) is 52.2 Å². The molecule has 1 aromatic heterocycles. The third-order valence-corrected chi connectivity index (χ3v) is 5.52. The molecule has 0 saturated carbocycles. The van der Waals surface area contributed by atoms with Crippen LogP contribution in [0, 0.1) is 5.41 Å². The minimum atomic E-state index is -5.08. The molecule has 14 heteroatoms. The SMILES string of the molecule is N=C(N)NCCC[C@H](NC(=O)c1cc2ccccc2n1CCc1ccc(N)cc1)C(N)=O.O=C(O)C(F)(F)F. The van der Waals surface area contributed by atoms with E-state index in [-0.39, 0.29) is 11.9 Å². The number of aryl methyl sites for hydroxylation is 2. The fourth-order valence-electron chi connectivity index (χ4n) is 3.61. The summed E-state index contributed by atoms with van der Waals surface area (Å²) >= 11 is 0.